The number of nitrogen functional groups attached to an aromatic ring is 1. The van der Waals surface area contributed by atoms with Gasteiger partial charge >= 0.3 is 0 Å². The summed E-state index contributed by atoms with van der Waals surface area (Å²) >= 11 is 3.41. The number of fused-ring (bicyclic) bond motifs is 1. The van der Waals surface area contributed by atoms with Gasteiger partial charge in [0.25, 0.3) is 0 Å². The van der Waals surface area contributed by atoms with Gasteiger partial charge in [0.2, 0.25) is 0 Å². The molecule has 0 fully saturated rings. The van der Waals surface area contributed by atoms with Crippen LogP contribution in [0, 0.1) is 0 Å². The molecule has 0 radical (unpaired) electrons. The minimum absolute atomic E-state index is 0.884. The summed E-state index contributed by atoms with van der Waals surface area (Å²) in [5.41, 5.74) is 9.53. The first-order valence-electron chi connectivity index (χ1n) is 5.97. The summed E-state index contributed by atoms with van der Waals surface area (Å²) in [6.07, 6.45) is 2.82. The van der Waals surface area contributed by atoms with Crippen molar-refractivity contribution in [2.45, 2.75) is 13.0 Å². The van der Waals surface area contributed by atoms with E-state index in [9.17, 15) is 0 Å². The fraction of sp³-hybridized carbons (Fsp3) is 0.214. The molecule has 2 heterocycles. The number of hydrogen-bond acceptors (Lipinski definition) is 3. The Kier molecular flexibility index (Phi) is 2.96. The average molecular weight is 304 g/mol. The third-order valence-corrected chi connectivity index (χ3v) is 3.81. The molecule has 3 nitrogen and oxygen atoms in total. The van der Waals surface area contributed by atoms with Gasteiger partial charge in [-0.05, 0) is 51.7 Å². The molecule has 1 aromatic heterocycles. The predicted octanol–water partition coefficient (Wildman–Crippen LogP) is 2.99. The summed E-state index contributed by atoms with van der Waals surface area (Å²) in [6, 6.07) is 10.2. The molecule has 18 heavy (non-hydrogen) atoms. The molecule has 0 unspecified atom stereocenters. The molecule has 2 aromatic rings. The Labute approximate surface area is 115 Å². The Balaban J connectivity index is 1.89. The number of aromatic nitrogens is 1. The molecule has 0 saturated carbocycles. The van der Waals surface area contributed by atoms with Crippen LogP contribution in [-0.2, 0) is 13.0 Å². The lowest BCUT2D eigenvalue weighted by Gasteiger charge is -2.30. The Hall–Kier alpha value is -1.55. The Morgan fingerprint density at radius 3 is 2.89 bits per heavy atom. The maximum atomic E-state index is 6.00. The largest absolute Gasteiger partial charge is 0.398 e. The molecule has 92 valence electrons. The van der Waals surface area contributed by atoms with Crippen LogP contribution in [0.5, 0.6) is 0 Å². The van der Waals surface area contributed by atoms with Gasteiger partial charge in [0, 0.05) is 29.4 Å². The number of benzene rings is 1. The normalized spacial score (nSPS) is 14.4. The molecular weight excluding hydrogens is 290 g/mol. The minimum atomic E-state index is 0.884. The van der Waals surface area contributed by atoms with Crippen molar-refractivity contribution in [3.8, 4) is 0 Å². The predicted molar refractivity (Wildman–Crippen MR) is 77.5 cm³/mol. The van der Waals surface area contributed by atoms with Crippen molar-refractivity contribution < 1.29 is 0 Å². The number of pyridine rings is 1. The molecule has 3 rings (SSSR count). The average Bonchev–Trinajstić information content (AvgIpc) is 2.39. The van der Waals surface area contributed by atoms with Gasteiger partial charge in [-0.3, -0.25) is 0 Å². The highest BCUT2D eigenvalue weighted by atomic mass is 79.9. The maximum Gasteiger partial charge on any atom is 0.128 e. The van der Waals surface area contributed by atoms with Crippen LogP contribution in [0.15, 0.2) is 41.0 Å². The molecule has 0 amide bonds. The standard InChI is InChI=1S/C14H14BrN3/c15-11-4-5-14(17-8-11)18-7-6-12-10(9-18)2-1-3-13(12)16/h1-5,8H,6-7,9,16H2. The highest BCUT2D eigenvalue weighted by Crippen LogP contribution is 2.27. The molecule has 0 atom stereocenters. The van der Waals surface area contributed by atoms with Crippen LogP contribution in [0.1, 0.15) is 11.1 Å². The van der Waals surface area contributed by atoms with Crippen LogP contribution >= 0.6 is 15.9 Å². The Morgan fingerprint density at radius 1 is 1.22 bits per heavy atom. The van der Waals surface area contributed by atoms with Crippen LogP contribution in [0.2, 0.25) is 0 Å². The smallest absolute Gasteiger partial charge is 0.128 e. The number of hydrogen-bond donors (Lipinski definition) is 1. The summed E-state index contributed by atoms with van der Waals surface area (Å²) in [7, 11) is 0. The van der Waals surface area contributed by atoms with E-state index in [1.807, 2.05) is 30.5 Å². The molecule has 1 aliphatic heterocycles. The lowest BCUT2D eigenvalue weighted by Crippen LogP contribution is -2.31. The second-order valence-electron chi connectivity index (χ2n) is 4.49. The van der Waals surface area contributed by atoms with E-state index in [4.69, 9.17) is 5.73 Å². The molecule has 0 saturated heterocycles. The second-order valence-corrected chi connectivity index (χ2v) is 5.41. The first-order chi connectivity index (χ1) is 8.74. The van der Waals surface area contributed by atoms with Gasteiger partial charge in [0.15, 0.2) is 0 Å². The quantitative estimate of drug-likeness (QED) is 0.824. The van der Waals surface area contributed by atoms with Gasteiger partial charge in [0.1, 0.15) is 5.82 Å². The summed E-state index contributed by atoms with van der Waals surface area (Å²) in [6.45, 7) is 1.85. The number of nitrogens with zero attached hydrogens (tertiary/aromatic N) is 2. The van der Waals surface area contributed by atoms with Gasteiger partial charge in [-0.25, -0.2) is 4.98 Å². The fourth-order valence-corrected chi connectivity index (χ4v) is 2.62. The molecule has 4 heteroatoms. The van der Waals surface area contributed by atoms with Crippen molar-refractivity contribution >= 4 is 27.4 Å². The van der Waals surface area contributed by atoms with Crippen molar-refractivity contribution in [3.05, 3.63) is 52.1 Å². The van der Waals surface area contributed by atoms with Crippen LogP contribution in [-0.4, -0.2) is 11.5 Å². The van der Waals surface area contributed by atoms with Crippen LogP contribution in [0.3, 0.4) is 0 Å². The van der Waals surface area contributed by atoms with E-state index in [-0.39, 0.29) is 0 Å². The lowest BCUT2D eigenvalue weighted by molar-refractivity contribution is 0.722. The van der Waals surface area contributed by atoms with E-state index in [2.05, 4.69) is 31.9 Å². The summed E-state index contributed by atoms with van der Waals surface area (Å²) in [4.78, 5) is 6.73. The molecule has 1 aliphatic rings. The summed E-state index contributed by atoms with van der Waals surface area (Å²) in [5, 5.41) is 0. The molecular formula is C14H14BrN3. The van der Waals surface area contributed by atoms with Gasteiger partial charge in [-0.1, -0.05) is 12.1 Å². The van der Waals surface area contributed by atoms with Crippen LogP contribution in [0.25, 0.3) is 0 Å². The lowest BCUT2D eigenvalue weighted by atomic mass is 9.98. The molecule has 0 aliphatic carbocycles. The number of anilines is 2. The van der Waals surface area contributed by atoms with Crippen LogP contribution < -0.4 is 10.6 Å². The fourth-order valence-electron chi connectivity index (χ4n) is 2.39. The van der Waals surface area contributed by atoms with Crippen molar-refractivity contribution in [2.75, 3.05) is 17.2 Å². The third kappa shape index (κ3) is 2.08. The van der Waals surface area contributed by atoms with Gasteiger partial charge in [-0.2, -0.15) is 0 Å². The van der Waals surface area contributed by atoms with E-state index in [1.165, 1.54) is 11.1 Å². The zero-order valence-corrected chi connectivity index (χ0v) is 11.5. The van der Waals surface area contributed by atoms with Crippen molar-refractivity contribution in [1.82, 2.24) is 4.98 Å². The SMILES string of the molecule is Nc1cccc2c1CCN(c1ccc(Br)cn1)C2. The topological polar surface area (TPSA) is 42.1 Å². The van der Waals surface area contributed by atoms with Crippen molar-refractivity contribution in [2.24, 2.45) is 0 Å². The van der Waals surface area contributed by atoms with Gasteiger partial charge in [-0.15, -0.1) is 0 Å². The van der Waals surface area contributed by atoms with Gasteiger partial charge in [0.05, 0.1) is 0 Å². The Morgan fingerprint density at radius 2 is 2.11 bits per heavy atom. The maximum absolute atomic E-state index is 6.00. The van der Waals surface area contributed by atoms with Crippen molar-refractivity contribution in [3.63, 3.8) is 0 Å². The van der Waals surface area contributed by atoms with E-state index in [1.54, 1.807) is 0 Å². The van der Waals surface area contributed by atoms with E-state index >= 15 is 0 Å². The zero-order chi connectivity index (χ0) is 12.5. The number of halogens is 1. The third-order valence-electron chi connectivity index (χ3n) is 3.34. The highest BCUT2D eigenvalue weighted by molar-refractivity contribution is 9.10. The monoisotopic (exact) mass is 303 g/mol. The number of nitrogens with two attached hydrogens (primary N) is 1. The first-order valence-corrected chi connectivity index (χ1v) is 6.76. The molecule has 0 spiro atoms. The zero-order valence-electron chi connectivity index (χ0n) is 9.94. The molecule has 0 bridgehead atoms. The van der Waals surface area contributed by atoms with E-state index in [0.717, 1.165) is 35.5 Å². The van der Waals surface area contributed by atoms with E-state index < -0.39 is 0 Å². The summed E-state index contributed by atoms with van der Waals surface area (Å²) in [5.74, 6) is 1.02. The minimum Gasteiger partial charge on any atom is -0.398 e. The van der Waals surface area contributed by atoms with E-state index in [0.29, 0.717) is 0 Å². The highest BCUT2D eigenvalue weighted by Gasteiger charge is 2.18. The first kappa shape index (κ1) is 11.5. The number of rotatable bonds is 1. The van der Waals surface area contributed by atoms with Crippen LogP contribution in [0.4, 0.5) is 11.5 Å². The van der Waals surface area contributed by atoms with Gasteiger partial charge < -0.3 is 10.6 Å². The molecule has 1 aromatic carbocycles. The van der Waals surface area contributed by atoms with Crippen molar-refractivity contribution in [1.29, 1.82) is 0 Å². The summed E-state index contributed by atoms with van der Waals surface area (Å²) < 4.78 is 1.01. The Bertz CT molecular complexity index is 566. The molecule has 2 N–H and O–H groups in total. The second kappa shape index (κ2) is 4.61.